The Hall–Kier alpha value is -2.08. The van der Waals surface area contributed by atoms with Gasteiger partial charge >= 0.3 is 6.18 Å². The molecule has 0 saturated carbocycles. The van der Waals surface area contributed by atoms with Gasteiger partial charge in [-0.15, -0.1) is 0 Å². The summed E-state index contributed by atoms with van der Waals surface area (Å²) in [6.07, 6.45) is -2.56. The number of anilines is 1. The predicted molar refractivity (Wildman–Crippen MR) is 91.4 cm³/mol. The van der Waals surface area contributed by atoms with Crippen LogP contribution in [0.1, 0.15) is 5.56 Å². The van der Waals surface area contributed by atoms with Crippen LogP contribution in [0.4, 0.5) is 18.9 Å². The second-order valence-electron chi connectivity index (χ2n) is 7.13. The molecule has 0 amide bonds. The number of pyridine rings is 1. The molecule has 2 fully saturated rings. The van der Waals surface area contributed by atoms with Gasteiger partial charge in [0, 0.05) is 31.7 Å². The Labute approximate surface area is 145 Å². The zero-order valence-corrected chi connectivity index (χ0v) is 14.0. The smallest absolute Gasteiger partial charge is 0.370 e. The Kier molecular flexibility index (Phi) is 3.95. The van der Waals surface area contributed by atoms with E-state index in [1.807, 2.05) is 12.1 Å². The number of likely N-dealkylation sites (tertiary alicyclic amines) is 1. The first-order chi connectivity index (χ1) is 11.9. The van der Waals surface area contributed by atoms with Crippen LogP contribution in [0.3, 0.4) is 0 Å². The summed E-state index contributed by atoms with van der Waals surface area (Å²) in [5, 5.41) is 0. The van der Waals surface area contributed by atoms with Crippen LogP contribution in [0, 0.1) is 11.8 Å². The lowest BCUT2D eigenvalue weighted by Crippen LogP contribution is -2.26. The first kappa shape index (κ1) is 16.4. The van der Waals surface area contributed by atoms with Crippen molar-refractivity contribution in [2.24, 2.45) is 11.8 Å². The van der Waals surface area contributed by atoms with Gasteiger partial charge in [0.1, 0.15) is 0 Å². The Bertz CT molecular complexity index is 743. The molecule has 2 aliphatic rings. The number of fused-ring (bicyclic) bond motifs is 1. The van der Waals surface area contributed by atoms with Crippen LogP contribution in [0.15, 0.2) is 42.6 Å². The zero-order valence-electron chi connectivity index (χ0n) is 14.0. The Morgan fingerprint density at radius 3 is 2.32 bits per heavy atom. The van der Waals surface area contributed by atoms with Gasteiger partial charge in [-0.05, 0) is 43.1 Å². The summed E-state index contributed by atoms with van der Waals surface area (Å²) < 4.78 is 38.6. The quantitative estimate of drug-likeness (QED) is 0.824. The molecule has 0 aliphatic carbocycles. The van der Waals surface area contributed by atoms with Gasteiger partial charge in [-0.3, -0.25) is 4.98 Å². The maximum Gasteiger partial charge on any atom is 0.416 e. The fourth-order valence-corrected chi connectivity index (χ4v) is 4.04. The van der Waals surface area contributed by atoms with Crippen LogP contribution in [0.5, 0.6) is 0 Å². The maximum absolute atomic E-state index is 12.9. The molecule has 0 bridgehead atoms. The molecular formula is C19H20F3N3. The van der Waals surface area contributed by atoms with Crippen molar-refractivity contribution in [3.05, 3.63) is 48.2 Å². The molecule has 2 unspecified atom stereocenters. The van der Waals surface area contributed by atoms with E-state index in [1.165, 1.54) is 6.07 Å². The van der Waals surface area contributed by atoms with Crippen molar-refractivity contribution in [1.82, 2.24) is 9.88 Å². The second-order valence-corrected chi connectivity index (χ2v) is 7.13. The summed E-state index contributed by atoms with van der Waals surface area (Å²) in [4.78, 5) is 9.12. The minimum absolute atomic E-state index is 0.487. The summed E-state index contributed by atoms with van der Waals surface area (Å²) in [5.74, 6) is 1.40. The van der Waals surface area contributed by atoms with Crippen molar-refractivity contribution in [1.29, 1.82) is 0 Å². The van der Waals surface area contributed by atoms with Gasteiger partial charge in [-0.25, -0.2) is 0 Å². The highest BCUT2D eigenvalue weighted by molar-refractivity contribution is 5.62. The van der Waals surface area contributed by atoms with E-state index < -0.39 is 11.7 Å². The molecule has 2 atom stereocenters. The monoisotopic (exact) mass is 347 g/mol. The Morgan fingerprint density at radius 2 is 1.72 bits per heavy atom. The van der Waals surface area contributed by atoms with Crippen molar-refractivity contribution in [3.63, 3.8) is 0 Å². The molecule has 4 rings (SSSR count). The van der Waals surface area contributed by atoms with Crippen molar-refractivity contribution in [3.8, 4) is 11.3 Å². The fourth-order valence-electron chi connectivity index (χ4n) is 4.04. The molecule has 0 spiro atoms. The largest absolute Gasteiger partial charge is 0.416 e. The van der Waals surface area contributed by atoms with Crippen LogP contribution in [-0.4, -0.2) is 43.1 Å². The summed E-state index contributed by atoms with van der Waals surface area (Å²) in [6.45, 7) is 4.33. The number of rotatable bonds is 2. The lowest BCUT2D eigenvalue weighted by molar-refractivity contribution is -0.137. The summed E-state index contributed by atoms with van der Waals surface area (Å²) >= 11 is 0. The van der Waals surface area contributed by atoms with Crippen molar-refractivity contribution in [2.75, 3.05) is 38.1 Å². The molecular weight excluding hydrogens is 327 g/mol. The lowest BCUT2D eigenvalue weighted by atomic mass is 10.0. The molecule has 2 saturated heterocycles. The third-order valence-corrected chi connectivity index (χ3v) is 5.27. The van der Waals surface area contributed by atoms with E-state index in [4.69, 9.17) is 0 Å². The van der Waals surface area contributed by atoms with Gasteiger partial charge in [-0.1, -0.05) is 12.1 Å². The van der Waals surface area contributed by atoms with E-state index in [9.17, 15) is 13.2 Å². The number of halogens is 3. The molecule has 0 N–H and O–H groups in total. The van der Waals surface area contributed by atoms with Crippen LogP contribution < -0.4 is 4.90 Å². The third kappa shape index (κ3) is 3.23. The first-order valence-corrected chi connectivity index (χ1v) is 8.47. The number of alkyl halides is 3. The number of aromatic nitrogens is 1. The first-order valence-electron chi connectivity index (χ1n) is 8.47. The minimum Gasteiger partial charge on any atom is -0.370 e. The van der Waals surface area contributed by atoms with Crippen molar-refractivity contribution >= 4 is 5.69 Å². The van der Waals surface area contributed by atoms with Gasteiger partial charge in [0.25, 0.3) is 0 Å². The molecule has 25 heavy (non-hydrogen) atoms. The molecule has 6 heteroatoms. The van der Waals surface area contributed by atoms with Crippen molar-refractivity contribution in [2.45, 2.75) is 6.18 Å². The zero-order chi connectivity index (χ0) is 17.6. The molecule has 3 heterocycles. The number of benzene rings is 1. The van der Waals surface area contributed by atoms with Gasteiger partial charge in [0.2, 0.25) is 0 Å². The average molecular weight is 347 g/mol. The number of hydrogen-bond donors (Lipinski definition) is 0. The van der Waals surface area contributed by atoms with Crippen molar-refractivity contribution < 1.29 is 13.2 Å². The van der Waals surface area contributed by atoms with E-state index in [2.05, 4.69) is 21.8 Å². The molecule has 3 nitrogen and oxygen atoms in total. The van der Waals surface area contributed by atoms with Gasteiger partial charge in [0.15, 0.2) is 0 Å². The molecule has 1 aromatic carbocycles. The van der Waals surface area contributed by atoms with Gasteiger partial charge in [0.05, 0.1) is 23.1 Å². The molecule has 1 aromatic heterocycles. The average Bonchev–Trinajstić information content (AvgIpc) is 3.12. The van der Waals surface area contributed by atoms with Crippen LogP contribution in [0.25, 0.3) is 11.3 Å². The molecule has 0 radical (unpaired) electrons. The molecule has 2 aliphatic heterocycles. The van der Waals surface area contributed by atoms with E-state index in [0.717, 1.165) is 44.0 Å². The highest BCUT2D eigenvalue weighted by Crippen LogP contribution is 2.34. The van der Waals surface area contributed by atoms with E-state index >= 15 is 0 Å². The highest BCUT2D eigenvalue weighted by Gasteiger charge is 2.38. The topological polar surface area (TPSA) is 19.4 Å². The van der Waals surface area contributed by atoms with Crippen LogP contribution in [0.2, 0.25) is 0 Å². The van der Waals surface area contributed by atoms with E-state index in [1.54, 1.807) is 12.3 Å². The second kappa shape index (κ2) is 6.02. The SMILES string of the molecule is CN1CC2CN(c3ccc(-c4cccc(C(F)(F)F)c4)nc3)CC2C1. The summed E-state index contributed by atoms with van der Waals surface area (Å²) in [7, 11) is 2.16. The number of hydrogen-bond acceptors (Lipinski definition) is 3. The van der Waals surface area contributed by atoms with E-state index in [0.29, 0.717) is 23.1 Å². The Morgan fingerprint density at radius 1 is 1.00 bits per heavy atom. The van der Waals surface area contributed by atoms with Gasteiger partial charge < -0.3 is 9.80 Å². The van der Waals surface area contributed by atoms with Gasteiger partial charge in [-0.2, -0.15) is 13.2 Å². The van der Waals surface area contributed by atoms with Crippen LogP contribution >= 0.6 is 0 Å². The summed E-state index contributed by atoms with van der Waals surface area (Å²) in [5.41, 5.74) is 1.45. The summed E-state index contributed by atoms with van der Waals surface area (Å²) in [6, 6.07) is 9.09. The molecule has 2 aromatic rings. The predicted octanol–water partition coefficient (Wildman–Crippen LogP) is 3.77. The third-order valence-electron chi connectivity index (χ3n) is 5.27. The number of nitrogens with zero attached hydrogens (tertiary/aromatic N) is 3. The molecule has 132 valence electrons. The lowest BCUT2D eigenvalue weighted by Gasteiger charge is -2.21. The fraction of sp³-hybridized carbons (Fsp3) is 0.421. The maximum atomic E-state index is 12.9. The van der Waals surface area contributed by atoms with E-state index in [-0.39, 0.29) is 0 Å². The standard InChI is InChI=1S/C19H20F3N3/c1-24-9-14-11-25(12-15(14)10-24)17-5-6-18(23-8-17)13-3-2-4-16(7-13)19(20,21)22/h2-8,14-15H,9-12H2,1H3. The minimum atomic E-state index is -4.34. The normalized spacial score (nSPS) is 23.9. The van der Waals surface area contributed by atoms with Crippen LogP contribution in [-0.2, 0) is 6.18 Å². The highest BCUT2D eigenvalue weighted by atomic mass is 19.4. The Balaban J connectivity index is 1.52.